The quantitative estimate of drug-likeness (QED) is 0.0354. The van der Waals surface area contributed by atoms with E-state index in [4.69, 9.17) is 0 Å². The van der Waals surface area contributed by atoms with Crippen LogP contribution < -0.4 is 0 Å². The summed E-state index contributed by atoms with van der Waals surface area (Å²) in [5, 5.41) is 38.4. The van der Waals surface area contributed by atoms with Crippen LogP contribution in [0.4, 0.5) is 0 Å². The predicted octanol–water partition coefficient (Wildman–Crippen LogP) is 12.3. The highest BCUT2D eigenvalue weighted by atomic mass is 16.3. The van der Waals surface area contributed by atoms with Gasteiger partial charge in [-0.2, -0.15) is 0 Å². The molecule has 0 heterocycles. The predicted molar refractivity (Wildman–Crippen MR) is 281 cm³/mol. The maximum absolute atomic E-state index is 9.60. The average molecular weight is 908 g/mol. The summed E-state index contributed by atoms with van der Waals surface area (Å²) in [6.07, 6.45) is 49.6. The summed E-state index contributed by atoms with van der Waals surface area (Å²) in [6.45, 7) is 20.9. The molecular formula is C56H114N4O4. The van der Waals surface area contributed by atoms with Gasteiger partial charge < -0.3 is 30.2 Å². The van der Waals surface area contributed by atoms with Crippen LogP contribution in [0.1, 0.15) is 220 Å². The SMILES string of the molecule is CCCCCCCC/C=C\CCCCCCCCN(CCCCN(CCCCCCCC/C=C\CCCCCCCC)CC(C)CN(CCO)CCO)CC(C)CN(CCO)CCO. The number of aliphatic hydroxyl groups is 4. The number of aliphatic hydroxyl groups excluding tert-OH is 4. The summed E-state index contributed by atoms with van der Waals surface area (Å²) in [7, 11) is 0. The first-order valence-electron chi connectivity index (χ1n) is 28.1. The molecule has 0 spiro atoms. The van der Waals surface area contributed by atoms with Gasteiger partial charge in [0.15, 0.2) is 0 Å². The van der Waals surface area contributed by atoms with Crippen molar-refractivity contribution in [2.24, 2.45) is 11.8 Å². The van der Waals surface area contributed by atoms with Crippen molar-refractivity contribution in [2.75, 3.05) is 105 Å². The zero-order chi connectivity index (χ0) is 46.8. The van der Waals surface area contributed by atoms with Crippen LogP contribution in [-0.2, 0) is 0 Å². The lowest BCUT2D eigenvalue weighted by Gasteiger charge is -2.31. The Hall–Kier alpha value is -0.840. The Labute approximate surface area is 400 Å². The lowest BCUT2D eigenvalue weighted by Crippen LogP contribution is -2.39. The first-order chi connectivity index (χ1) is 31.4. The summed E-state index contributed by atoms with van der Waals surface area (Å²) >= 11 is 0. The van der Waals surface area contributed by atoms with E-state index in [1.165, 1.54) is 193 Å². The monoisotopic (exact) mass is 907 g/mol. The molecule has 2 unspecified atom stereocenters. The Bertz CT molecular complexity index is 868. The van der Waals surface area contributed by atoms with Crippen molar-refractivity contribution in [3.63, 3.8) is 0 Å². The second kappa shape index (κ2) is 51.5. The van der Waals surface area contributed by atoms with E-state index in [-0.39, 0.29) is 26.4 Å². The third-order valence-electron chi connectivity index (χ3n) is 13.1. The molecule has 0 saturated heterocycles. The third kappa shape index (κ3) is 45.0. The number of hydrogen-bond donors (Lipinski definition) is 4. The van der Waals surface area contributed by atoms with Gasteiger partial charge in [0.1, 0.15) is 0 Å². The zero-order valence-electron chi connectivity index (χ0n) is 43.6. The number of allylic oxidation sites excluding steroid dienone is 4. The molecule has 0 radical (unpaired) electrons. The van der Waals surface area contributed by atoms with Crippen molar-refractivity contribution in [1.29, 1.82) is 0 Å². The summed E-state index contributed by atoms with van der Waals surface area (Å²) < 4.78 is 0. The minimum absolute atomic E-state index is 0.138. The van der Waals surface area contributed by atoms with Crippen LogP contribution in [0.5, 0.6) is 0 Å². The van der Waals surface area contributed by atoms with E-state index >= 15 is 0 Å². The Balaban J connectivity index is 4.92. The van der Waals surface area contributed by atoms with Crippen molar-refractivity contribution < 1.29 is 20.4 Å². The molecule has 382 valence electrons. The molecule has 8 heteroatoms. The molecule has 0 aliphatic heterocycles. The Kier molecular flexibility index (Phi) is 50.9. The van der Waals surface area contributed by atoms with Gasteiger partial charge in [-0.1, -0.05) is 168 Å². The molecule has 0 amide bonds. The van der Waals surface area contributed by atoms with Gasteiger partial charge in [-0.15, -0.1) is 0 Å². The number of unbranched alkanes of at least 4 members (excludes halogenated alkanes) is 25. The van der Waals surface area contributed by atoms with E-state index in [1.807, 2.05) is 0 Å². The number of nitrogens with zero attached hydrogens (tertiary/aromatic N) is 4. The van der Waals surface area contributed by atoms with Gasteiger partial charge in [-0.25, -0.2) is 0 Å². The van der Waals surface area contributed by atoms with Crippen LogP contribution >= 0.6 is 0 Å². The van der Waals surface area contributed by atoms with Crippen LogP contribution in [0.2, 0.25) is 0 Å². The average Bonchev–Trinajstić information content (AvgIpc) is 3.27. The molecule has 4 N–H and O–H groups in total. The number of hydrogen-bond acceptors (Lipinski definition) is 8. The fourth-order valence-corrected chi connectivity index (χ4v) is 9.46. The zero-order valence-corrected chi connectivity index (χ0v) is 43.6. The summed E-state index contributed by atoms with van der Waals surface area (Å²) in [5.41, 5.74) is 0. The molecular weight excluding hydrogens is 793 g/mol. The van der Waals surface area contributed by atoms with Crippen LogP contribution in [0, 0.1) is 11.8 Å². The summed E-state index contributed by atoms with van der Waals surface area (Å²) in [4.78, 5) is 9.86. The van der Waals surface area contributed by atoms with E-state index in [2.05, 4.69) is 71.6 Å². The van der Waals surface area contributed by atoms with E-state index < -0.39 is 0 Å². The fraction of sp³-hybridized carbons (Fsp3) is 0.929. The lowest BCUT2D eigenvalue weighted by atomic mass is 10.1. The molecule has 0 aliphatic rings. The van der Waals surface area contributed by atoms with Gasteiger partial charge in [-0.3, -0.25) is 9.80 Å². The van der Waals surface area contributed by atoms with Crippen molar-refractivity contribution in [3.8, 4) is 0 Å². The van der Waals surface area contributed by atoms with Gasteiger partial charge in [0.2, 0.25) is 0 Å². The molecule has 8 nitrogen and oxygen atoms in total. The molecule has 0 aromatic rings. The fourth-order valence-electron chi connectivity index (χ4n) is 9.46. The topological polar surface area (TPSA) is 93.9 Å². The van der Waals surface area contributed by atoms with Crippen LogP contribution in [-0.4, -0.2) is 145 Å². The van der Waals surface area contributed by atoms with Crippen molar-refractivity contribution in [1.82, 2.24) is 19.6 Å². The van der Waals surface area contributed by atoms with Crippen LogP contribution in [0.15, 0.2) is 24.3 Å². The summed E-state index contributed by atoms with van der Waals surface area (Å²) in [6, 6.07) is 0. The molecule has 64 heavy (non-hydrogen) atoms. The van der Waals surface area contributed by atoms with Crippen molar-refractivity contribution >= 4 is 0 Å². The highest BCUT2D eigenvalue weighted by Gasteiger charge is 2.17. The van der Waals surface area contributed by atoms with Gasteiger partial charge >= 0.3 is 0 Å². The number of rotatable bonds is 53. The second-order valence-electron chi connectivity index (χ2n) is 19.9. The molecule has 0 aromatic heterocycles. The molecule has 0 fully saturated rings. The Morgan fingerprint density at radius 3 is 0.734 bits per heavy atom. The van der Waals surface area contributed by atoms with E-state index in [9.17, 15) is 20.4 Å². The third-order valence-corrected chi connectivity index (χ3v) is 13.1. The molecule has 2 atom stereocenters. The van der Waals surface area contributed by atoms with Crippen molar-refractivity contribution in [3.05, 3.63) is 24.3 Å². The highest BCUT2D eigenvalue weighted by Crippen LogP contribution is 2.15. The van der Waals surface area contributed by atoms with Crippen LogP contribution in [0.25, 0.3) is 0 Å². The molecule has 0 rings (SSSR count). The van der Waals surface area contributed by atoms with Gasteiger partial charge in [0.25, 0.3) is 0 Å². The standard InChI is InChI=1S/C56H114N4O4/c1-5-7-9-11-13-15-17-19-21-23-25-27-29-31-33-35-39-57(51-55(3)53-59(43-47-61)44-48-62)41-37-38-42-58(52-56(4)54-60(45-49-63)46-50-64)40-36-34-32-30-28-26-24-22-20-18-16-14-12-10-8-6-2/h19-22,55-56,61-64H,5-18,23-54H2,1-4H3/b21-19-,22-20-. The Morgan fingerprint density at radius 2 is 0.484 bits per heavy atom. The molecule has 0 aliphatic carbocycles. The maximum Gasteiger partial charge on any atom is 0.0558 e. The van der Waals surface area contributed by atoms with E-state index in [0.717, 1.165) is 52.4 Å². The van der Waals surface area contributed by atoms with Gasteiger partial charge in [-0.05, 0) is 115 Å². The normalized spacial score (nSPS) is 13.4. The lowest BCUT2D eigenvalue weighted by molar-refractivity contribution is 0.127. The second-order valence-corrected chi connectivity index (χ2v) is 19.9. The first kappa shape index (κ1) is 63.2. The van der Waals surface area contributed by atoms with Crippen molar-refractivity contribution in [2.45, 2.75) is 220 Å². The largest absolute Gasteiger partial charge is 0.395 e. The minimum Gasteiger partial charge on any atom is -0.395 e. The minimum atomic E-state index is 0.138. The van der Waals surface area contributed by atoms with E-state index in [1.54, 1.807) is 0 Å². The molecule has 0 bridgehead atoms. The van der Waals surface area contributed by atoms with Crippen LogP contribution in [0.3, 0.4) is 0 Å². The first-order valence-corrected chi connectivity index (χ1v) is 28.1. The summed E-state index contributed by atoms with van der Waals surface area (Å²) in [5.74, 6) is 0.966. The van der Waals surface area contributed by atoms with Gasteiger partial charge in [0.05, 0.1) is 26.4 Å². The molecule has 0 aromatic carbocycles. The smallest absolute Gasteiger partial charge is 0.0558 e. The van der Waals surface area contributed by atoms with E-state index in [0.29, 0.717) is 38.0 Å². The highest BCUT2D eigenvalue weighted by molar-refractivity contribution is 4.82. The Morgan fingerprint density at radius 1 is 0.281 bits per heavy atom. The van der Waals surface area contributed by atoms with Gasteiger partial charge in [0, 0.05) is 52.4 Å². The maximum atomic E-state index is 9.60. The molecule has 0 saturated carbocycles.